The van der Waals surface area contributed by atoms with Crippen molar-refractivity contribution < 1.29 is 14.3 Å². The minimum atomic E-state index is -0.179. The number of carbonyl (C=O) groups excluding carboxylic acids is 2. The zero-order valence-electron chi connectivity index (χ0n) is 16.4. The summed E-state index contributed by atoms with van der Waals surface area (Å²) in [6.45, 7) is 3.93. The molecule has 2 aromatic rings. The highest BCUT2D eigenvalue weighted by atomic mass is 16.5. The van der Waals surface area contributed by atoms with Crippen molar-refractivity contribution in [3.05, 3.63) is 66.2 Å². The minimum Gasteiger partial charge on any atom is -0.482 e. The van der Waals surface area contributed by atoms with Crippen molar-refractivity contribution in [2.45, 2.75) is 0 Å². The second-order valence-corrected chi connectivity index (χ2v) is 7.23. The fourth-order valence-electron chi connectivity index (χ4n) is 3.64. The van der Waals surface area contributed by atoms with Crippen LogP contribution in [0.3, 0.4) is 0 Å². The van der Waals surface area contributed by atoms with Gasteiger partial charge in [0.1, 0.15) is 12.3 Å². The lowest BCUT2D eigenvalue weighted by molar-refractivity contribution is -0.133. The quantitative estimate of drug-likeness (QED) is 0.785. The van der Waals surface area contributed by atoms with Crippen molar-refractivity contribution in [3.8, 4) is 5.75 Å². The molecule has 4 rings (SSSR count). The van der Waals surface area contributed by atoms with Gasteiger partial charge in [-0.25, -0.2) is 0 Å². The minimum absolute atomic E-state index is 0.0190. The van der Waals surface area contributed by atoms with Crippen LogP contribution in [0.5, 0.6) is 5.75 Å². The van der Waals surface area contributed by atoms with Crippen LogP contribution in [-0.4, -0.2) is 67.5 Å². The standard InChI is InChI=1S/C23H25N3O3/c27-22(17-26-20-10-4-5-11-21(20)29-18-23(26)28)25-15-13-24(14-16-25)12-6-9-19-7-2-1-3-8-19/h1-11H,12-18H2. The number of amides is 2. The van der Waals surface area contributed by atoms with Crippen LogP contribution in [0.15, 0.2) is 60.7 Å². The number of anilines is 1. The molecular weight excluding hydrogens is 366 g/mol. The van der Waals surface area contributed by atoms with Crippen LogP contribution < -0.4 is 9.64 Å². The van der Waals surface area contributed by atoms with Gasteiger partial charge in [-0.15, -0.1) is 0 Å². The normalized spacial score (nSPS) is 17.3. The molecule has 1 fully saturated rings. The second-order valence-electron chi connectivity index (χ2n) is 7.23. The molecule has 0 bridgehead atoms. The summed E-state index contributed by atoms with van der Waals surface area (Å²) in [5.41, 5.74) is 1.86. The van der Waals surface area contributed by atoms with Crippen LogP contribution in [0.25, 0.3) is 6.08 Å². The summed E-state index contributed by atoms with van der Waals surface area (Å²) in [6, 6.07) is 17.6. The highest BCUT2D eigenvalue weighted by Crippen LogP contribution is 2.31. The average molecular weight is 391 g/mol. The summed E-state index contributed by atoms with van der Waals surface area (Å²) in [7, 11) is 0. The molecular formula is C23H25N3O3. The van der Waals surface area contributed by atoms with E-state index in [2.05, 4.69) is 29.2 Å². The van der Waals surface area contributed by atoms with E-state index < -0.39 is 0 Å². The van der Waals surface area contributed by atoms with Gasteiger partial charge in [0, 0.05) is 32.7 Å². The van der Waals surface area contributed by atoms with E-state index in [0.717, 1.165) is 19.6 Å². The van der Waals surface area contributed by atoms with Crippen molar-refractivity contribution in [1.82, 2.24) is 9.80 Å². The van der Waals surface area contributed by atoms with Crippen molar-refractivity contribution in [2.75, 3.05) is 50.8 Å². The Bertz CT molecular complexity index is 889. The largest absolute Gasteiger partial charge is 0.482 e. The van der Waals surface area contributed by atoms with Crippen molar-refractivity contribution >= 4 is 23.6 Å². The molecule has 0 atom stereocenters. The molecule has 6 nitrogen and oxygen atoms in total. The molecule has 0 aromatic heterocycles. The van der Waals surface area contributed by atoms with Gasteiger partial charge < -0.3 is 9.64 Å². The third-order valence-electron chi connectivity index (χ3n) is 5.30. The van der Waals surface area contributed by atoms with E-state index in [0.29, 0.717) is 24.5 Å². The lowest BCUT2D eigenvalue weighted by atomic mass is 10.2. The molecule has 1 saturated heterocycles. The zero-order chi connectivity index (χ0) is 20.1. The predicted octanol–water partition coefficient (Wildman–Crippen LogP) is 2.27. The predicted molar refractivity (Wildman–Crippen MR) is 113 cm³/mol. The number of hydrogen-bond donors (Lipinski definition) is 0. The monoisotopic (exact) mass is 391 g/mol. The lowest BCUT2D eigenvalue weighted by Gasteiger charge is -2.36. The molecule has 150 valence electrons. The fourth-order valence-corrected chi connectivity index (χ4v) is 3.64. The highest BCUT2D eigenvalue weighted by Gasteiger charge is 2.29. The maximum atomic E-state index is 12.8. The number of benzene rings is 2. The Labute approximate surface area is 171 Å². The molecule has 0 spiro atoms. The molecule has 2 aliphatic rings. The summed E-state index contributed by atoms with van der Waals surface area (Å²) in [6.07, 6.45) is 4.29. The van der Waals surface area contributed by atoms with Crippen LogP contribution in [0, 0.1) is 0 Å². The van der Waals surface area contributed by atoms with Gasteiger partial charge in [-0.05, 0) is 17.7 Å². The van der Waals surface area contributed by atoms with Crippen LogP contribution >= 0.6 is 0 Å². The van der Waals surface area contributed by atoms with Gasteiger partial charge >= 0.3 is 0 Å². The fraction of sp³-hybridized carbons (Fsp3) is 0.304. The van der Waals surface area contributed by atoms with Crippen molar-refractivity contribution in [3.63, 3.8) is 0 Å². The Morgan fingerprint density at radius 3 is 2.48 bits per heavy atom. The number of ether oxygens (including phenoxy) is 1. The number of piperazine rings is 1. The zero-order valence-corrected chi connectivity index (χ0v) is 16.4. The maximum Gasteiger partial charge on any atom is 0.265 e. The van der Waals surface area contributed by atoms with Gasteiger partial charge in [-0.1, -0.05) is 54.6 Å². The van der Waals surface area contributed by atoms with E-state index in [1.165, 1.54) is 10.5 Å². The molecule has 0 saturated carbocycles. The summed E-state index contributed by atoms with van der Waals surface area (Å²) >= 11 is 0. The second kappa shape index (κ2) is 8.92. The summed E-state index contributed by atoms with van der Waals surface area (Å²) < 4.78 is 5.45. The summed E-state index contributed by atoms with van der Waals surface area (Å²) in [5.74, 6) is 0.450. The molecule has 0 radical (unpaired) electrons. The molecule has 2 aromatic carbocycles. The first-order valence-electron chi connectivity index (χ1n) is 9.94. The van der Waals surface area contributed by atoms with Crippen LogP contribution in [0.2, 0.25) is 0 Å². The van der Waals surface area contributed by atoms with Crippen LogP contribution in [-0.2, 0) is 9.59 Å². The third kappa shape index (κ3) is 4.66. The number of para-hydroxylation sites is 2. The van der Waals surface area contributed by atoms with Gasteiger partial charge in [0.05, 0.1) is 5.69 Å². The summed E-state index contributed by atoms with van der Waals surface area (Å²) in [5, 5.41) is 0. The first kappa shape index (κ1) is 19.2. The van der Waals surface area contributed by atoms with Gasteiger partial charge in [0.25, 0.3) is 5.91 Å². The Kier molecular flexibility index (Phi) is 5.91. The Hall–Kier alpha value is -3.12. The lowest BCUT2D eigenvalue weighted by Crippen LogP contribution is -2.52. The number of rotatable bonds is 5. The molecule has 29 heavy (non-hydrogen) atoms. The molecule has 6 heteroatoms. The first-order valence-corrected chi connectivity index (χ1v) is 9.94. The Morgan fingerprint density at radius 2 is 1.69 bits per heavy atom. The number of fused-ring (bicyclic) bond motifs is 1. The number of nitrogens with zero attached hydrogens (tertiary/aromatic N) is 3. The van der Waals surface area contributed by atoms with Crippen molar-refractivity contribution in [2.24, 2.45) is 0 Å². The summed E-state index contributed by atoms with van der Waals surface area (Å²) in [4.78, 5) is 30.8. The Morgan fingerprint density at radius 1 is 0.966 bits per heavy atom. The number of hydrogen-bond acceptors (Lipinski definition) is 4. The maximum absolute atomic E-state index is 12.8. The SMILES string of the molecule is O=C(CN1C(=O)COc2ccccc21)N1CCN(CC=Cc2ccccc2)CC1. The molecule has 0 unspecified atom stereocenters. The molecule has 0 aliphatic carbocycles. The van der Waals surface area contributed by atoms with Crippen molar-refractivity contribution in [1.29, 1.82) is 0 Å². The Balaban J connectivity index is 1.28. The average Bonchev–Trinajstić information content (AvgIpc) is 2.77. The highest BCUT2D eigenvalue weighted by molar-refractivity contribution is 6.02. The van der Waals surface area contributed by atoms with Gasteiger partial charge in [0.15, 0.2) is 6.61 Å². The van der Waals surface area contributed by atoms with Gasteiger partial charge in [0.2, 0.25) is 5.91 Å². The molecule has 2 aliphatic heterocycles. The smallest absolute Gasteiger partial charge is 0.265 e. The molecule has 0 N–H and O–H groups in total. The molecule has 2 heterocycles. The van der Waals surface area contributed by atoms with Gasteiger partial charge in [-0.2, -0.15) is 0 Å². The van der Waals surface area contributed by atoms with E-state index in [4.69, 9.17) is 4.74 Å². The number of carbonyl (C=O) groups is 2. The van der Waals surface area contributed by atoms with Crippen LogP contribution in [0.1, 0.15) is 5.56 Å². The first-order chi connectivity index (χ1) is 14.2. The topological polar surface area (TPSA) is 53.1 Å². The van der Waals surface area contributed by atoms with E-state index in [1.807, 2.05) is 47.4 Å². The third-order valence-corrected chi connectivity index (χ3v) is 5.30. The van der Waals surface area contributed by atoms with E-state index in [9.17, 15) is 9.59 Å². The van der Waals surface area contributed by atoms with E-state index in [1.54, 1.807) is 0 Å². The van der Waals surface area contributed by atoms with E-state index in [-0.39, 0.29) is 25.0 Å². The van der Waals surface area contributed by atoms with Gasteiger partial charge in [-0.3, -0.25) is 19.4 Å². The molecule has 2 amide bonds. The van der Waals surface area contributed by atoms with Crippen LogP contribution in [0.4, 0.5) is 5.69 Å². The van der Waals surface area contributed by atoms with E-state index >= 15 is 0 Å².